The number of ether oxygens (including phenoxy) is 1. The topological polar surface area (TPSA) is 79.8 Å². The Kier molecular flexibility index (Phi) is 8.96. The molecule has 0 radical (unpaired) electrons. The van der Waals surface area contributed by atoms with Crippen molar-refractivity contribution in [1.82, 2.24) is 10.6 Å². The van der Waals surface area contributed by atoms with E-state index >= 15 is 0 Å². The number of hydrogen-bond acceptors (Lipinski definition) is 4. The first-order chi connectivity index (χ1) is 13.7. The lowest BCUT2D eigenvalue weighted by Gasteiger charge is -2.40. The van der Waals surface area contributed by atoms with Gasteiger partial charge < -0.3 is 15.4 Å². The highest BCUT2D eigenvalue weighted by Gasteiger charge is 2.35. The summed E-state index contributed by atoms with van der Waals surface area (Å²) < 4.78 is 30.6. The van der Waals surface area contributed by atoms with Gasteiger partial charge in [0.2, 0.25) is 0 Å². The summed E-state index contributed by atoms with van der Waals surface area (Å²) in [5, 5.41) is 6.62. The molecule has 0 aliphatic carbocycles. The molecule has 0 saturated carbocycles. The Morgan fingerprint density at radius 3 is 2.59 bits per heavy atom. The van der Waals surface area contributed by atoms with Gasteiger partial charge in [0.05, 0.1) is 17.6 Å². The van der Waals surface area contributed by atoms with E-state index in [2.05, 4.69) is 36.4 Å². The lowest BCUT2D eigenvalue weighted by molar-refractivity contribution is -0.0835. The van der Waals surface area contributed by atoms with E-state index < -0.39 is 9.84 Å². The zero-order chi connectivity index (χ0) is 21.3. The molecule has 2 rings (SSSR count). The second-order valence-electron chi connectivity index (χ2n) is 8.87. The Bertz CT molecular complexity index is 742. The summed E-state index contributed by atoms with van der Waals surface area (Å²) >= 11 is 0. The van der Waals surface area contributed by atoms with Crippen molar-refractivity contribution in [3.63, 3.8) is 0 Å². The first-order valence-corrected chi connectivity index (χ1v) is 12.3. The molecule has 6 nitrogen and oxygen atoms in total. The van der Waals surface area contributed by atoms with Crippen LogP contribution in [0.2, 0.25) is 0 Å². The normalized spacial score (nSPS) is 21.0. The number of hydrogen-bond donors (Lipinski definition) is 2. The van der Waals surface area contributed by atoms with Crippen molar-refractivity contribution in [2.75, 3.05) is 32.5 Å². The predicted octanol–water partition coefficient (Wildman–Crippen LogP) is 3.00. The molecule has 7 heteroatoms. The zero-order valence-electron chi connectivity index (χ0n) is 18.3. The third-order valence-electron chi connectivity index (χ3n) is 5.21. The molecule has 0 bridgehead atoms. The summed E-state index contributed by atoms with van der Waals surface area (Å²) in [5.41, 5.74) is 0.942. The molecular weight excluding hydrogens is 386 g/mol. The summed E-state index contributed by atoms with van der Waals surface area (Å²) in [7, 11) is -1.37. The first kappa shape index (κ1) is 23.7. The van der Waals surface area contributed by atoms with Gasteiger partial charge in [0.25, 0.3) is 0 Å². The maximum Gasteiger partial charge on any atom is 0.190 e. The largest absolute Gasteiger partial charge is 0.377 e. The Morgan fingerprint density at radius 2 is 1.93 bits per heavy atom. The molecule has 164 valence electrons. The van der Waals surface area contributed by atoms with Crippen molar-refractivity contribution in [2.24, 2.45) is 16.3 Å². The smallest absolute Gasteiger partial charge is 0.190 e. The summed E-state index contributed by atoms with van der Waals surface area (Å²) in [6.45, 7) is 8.87. The van der Waals surface area contributed by atoms with Crippen LogP contribution in [0, 0.1) is 11.3 Å². The quantitative estimate of drug-likeness (QED) is 0.382. The molecular formula is C22H37N3O3S. The molecule has 0 spiro atoms. The maximum atomic E-state index is 12.3. The lowest BCUT2D eigenvalue weighted by Crippen LogP contribution is -2.47. The summed E-state index contributed by atoms with van der Waals surface area (Å²) in [6.07, 6.45) is 3.01. The van der Waals surface area contributed by atoms with Gasteiger partial charge in [-0.2, -0.15) is 0 Å². The highest BCUT2D eigenvalue weighted by Crippen LogP contribution is 2.33. The van der Waals surface area contributed by atoms with E-state index in [-0.39, 0.29) is 23.0 Å². The molecule has 0 aromatic heterocycles. The van der Waals surface area contributed by atoms with Gasteiger partial charge in [-0.05, 0) is 30.2 Å². The van der Waals surface area contributed by atoms with Crippen LogP contribution < -0.4 is 10.6 Å². The van der Waals surface area contributed by atoms with Crippen LogP contribution in [0.3, 0.4) is 0 Å². The molecule has 29 heavy (non-hydrogen) atoms. The minimum absolute atomic E-state index is 0.0939. The van der Waals surface area contributed by atoms with Gasteiger partial charge in [-0.3, -0.25) is 4.99 Å². The number of nitrogens with zero attached hydrogens (tertiary/aromatic N) is 1. The molecule has 0 amide bonds. The molecule has 1 aromatic carbocycles. The molecule has 1 aliphatic rings. The van der Waals surface area contributed by atoms with Gasteiger partial charge in [0.15, 0.2) is 15.8 Å². The van der Waals surface area contributed by atoms with Crippen LogP contribution >= 0.6 is 0 Å². The zero-order valence-corrected chi connectivity index (χ0v) is 19.1. The molecule has 1 fully saturated rings. The molecule has 1 saturated heterocycles. The van der Waals surface area contributed by atoms with Crippen LogP contribution in [0.15, 0.2) is 35.3 Å². The Balaban J connectivity index is 1.73. The second-order valence-corrected chi connectivity index (χ2v) is 11.1. The average Bonchev–Trinajstić information content (AvgIpc) is 2.67. The van der Waals surface area contributed by atoms with E-state index in [0.29, 0.717) is 24.8 Å². The minimum Gasteiger partial charge on any atom is -0.377 e. The molecule has 1 aromatic rings. The Labute approximate surface area is 176 Å². The van der Waals surface area contributed by atoms with Crippen LogP contribution in [0.1, 0.15) is 45.6 Å². The fourth-order valence-corrected chi connectivity index (χ4v) is 5.29. The van der Waals surface area contributed by atoms with Crippen LogP contribution in [0.4, 0.5) is 0 Å². The van der Waals surface area contributed by atoms with Gasteiger partial charge in [0.1, 0.15) is 0 Å². The fraction of sp³-hybridized carbons (Fsp3) is 0.682. The average molecular weight is 424 g/mol. The maximum absolute atomic E-state index is 12.3. The summed E-state index contributed by atoms with van der Waals surface area (Å²) in [4.78, 5) is 4.27. The summed E-state index contributed by atoms with van der Waals surface area (Å²) in [5.74, 6) is 1.41. The third kappa shape index (κ3) is 8.34. The Morgan fingerprint density at radius 1 is 1.21 bits per heavy atom. The first-order valence-electron chi connectivity index (χ1n) is 10.5. The molecule has 2 N–H and O–H groups in total. The van der Waals surface area contributed by atoms with Crippen LogP contribution in [0.25, 0.3) is 0 Å². The van der Waals surface area contributed by atoms with Crippen molar-refractivity contribution in [2.45, 2.75) is 51.9 Å². The third-order valence-corrected chi connectivity index (χ3v) is 6.89. The number of nitrogens with one attached hydrogen (secondary N) is 2. The lowest BCUT2D eigenvalue weighted by atomic mass is 9.78. The van der Waals surface area contributed by atoms with E-state index in [1.165, 1.54) is 0 Å². The van der Waals surface area contributed by atoms with Gasteiger partial charge in [-0.1, -0.05) is 51.1 Å². The fourth-order valence-electron chi connectivity index (χ4n) is 3.86. The monoisotopic (exact) mass is 423 g/mol. The van der Waals surface area contributed by atoms with Gasteiger partial charge in [0, 0.05) is 32.7 Å². The number of rotatable bonds is 8. The van der Waals surface area contributed by atoms with Crippen molar-refractivity contribution in [1.29, 1.82) is 0 Å². The molecule has 1 heterocycles. The van der Waals surface area contributed by atoms with Gasteiger partial charge in [-0.25, -0.2) is 8.42 Å². The van der Waals surface area contributed by atoms with E-state index in [1.54, 1.807) is 7.05 Å². The number of sulfone groups is 1. The van der Waals surface area contributed by atoms with E-state index in [9.17, 15) is 8.42 Å². The highest BCUT2D eigenvalue weighted by atomic mass is 32.2. The van der Waals surface area contributed by atoms with E-state index in [0.717, 1.165) is 31.6 Å². The number of benzene rings is 1. The SMILES string of the molecule is CN=C(NCCCS(=O)(=O)Cc1ccccc1)NCC1CCCOC1C(C)(C)C. The van der Waals surface area contributed by atoms with E-state index in [4.69, 9.17) is 4.74 Å². The highest BCUT2D eigenvalue weighted by molar-refractivity contribution is 7.90. The van der Waals surface area contributed by atoms with Crippen molar-refractivity contribution < 1.29 is 13.2 Å². The van der Waals surface area contributed by atoms with Crippen LogP contribution in [-0.2, 0) is 20.3 Å². The number of guanidine groups is 1. The van der Waals surface area contributed by atoms with Crippen molar-refractivity contribution in [3.05, 3.63) is 35.9 Å². The molecule has 2 atom stereocenters. The van der Waals surface area contributed by atoms with Crippen molar-refractivity contribution >= 4 is 15.8 Å². The Hall–Kier alpha value is -1.60. The molecule has 1 aliphatic heterocycles. The summed E-state index contributed by atoms with van der Waals surface area (Å²) in [6, 6.07) is 9.32. The molecule has 2 unspecified atom stereocenters. The number of aliphatic imine (C=N–C) groups is 1. The van der Waals surface area contributed by atoms with Crippen LogP contribution in [-0.4, -0.2) is 53.0 Å². The van der Waals surface area contributed by atoms with Crippen molar-refractivity contribution in [3.8, 4) is 0 Å². The standard InChI is InChI=1S/C22H37N3O3S/c1-22(2,3)20-19(12-8-14-28-20)16-25-21(23-4)24-13-9-15-29(26,27)17-18-10-6-5-7-11-18/h5-7,10-11,19-20H,8-9,12-17H2,1-4H3,(H2,23,24,25). The minimum atomic E-state index is -3.11. The van der Waals surface area contributed by atoms with E-state index in [1.807, 2.05) is 30.3 Å². The second kappa shape index (κ2) is 11.0. The van der Waals surface area contributed by atoms with Crippen LogP contribution in [0.5, 0.6) is 0 Å². The van der Waals surface area contributed by atoms with Gasteiger partial charge in [-0.15, -0.1) is 0 Å². The van der Waals surface area contributed by atoms with Gasteiger partial charge >= 0.3 is 0 Å². The predicted molar refractivity (Wildman–Crippen MR) is 120 cm³/mol.